The molecule has 1 aliphatic carbocycles. The Hall–Kier alpha value is -1.39. The maximum absolute atomic E-state index is 9.15. The van der Waals surface area contributed by atoms with E-state index in [1.54, 1.807) is 0 Å². The lowest BCUT2D eigenvalue weighted by Gasteiger charge is -2.36. The molecule has 0 radical (unpaired) electrons. The number of benzene rings is 1. The Kier molecular flexibility index (Phi) is 3.30. The van der Waals surface area contributed by atoms with Crippen LogP contribution >= 0.6 is 0 Å². The van der Waals surface area contributed by atoms with Gasteiger partial charge in [0.2, 0.25) is 0 Å². The van der Waals surface area contributed by atoms with Crippen LogP contribution in [-0.4, -0.2) is 39.2 Å². The minimum absolute atomic E-state index is 0.219. The number of aromatic amines is 1. The van der Waals surface area contributed by atoms with Crippen LogP contribution < -0.4 is 0 Å². The lowest BCUT2D eigenvalue weighted by molar-refractivity contribution is 0.0924. The third kappa shape index (κ3) is 2.26. The van der Waals surface area contributed by atoms with E-state index in [2.05, 4.69) is 14.9 Å². The molecule has 4 heteroatoms. The van der Waals surface area contributed by atoms with Crippen LogP contribution in [0.15, 0.2) is 24.3 Å². The first-order chi connectivity index (χ1) is 8.86. The minimum atomic E-state index is 0.219. The molecule has 96 valence electrons. The zero-order valence-corrected chi connectivity index (χ0v) is 10.5. The van der Waals surface area contributed by atoms with Gasteiger partial charge in [-0.3, -0.25) is 4.90 Å². The van der Waals surface area contributed by atoms with Gasteiger partial charge in [-0.25, -0.2) is 4.98 Å². The zero-order chi connectivity index (χ0) is 12.4. The van der Waals surface area contributed by atoms with Crippen molar-refractivity contribution in [3.8, 4) is 0 Å². The number of hydrogen-bond acceptors (Lipinski definition) is 3. The number of aliphatic hydroxyl groups is 1. The van der Waals surface area contributed by atoms with Gasteiger partial charge >= 0.3 is 0 Å². The zero-order valence-electron chi connectivity index (χ0n) is 10.5. The van der Waals surface area contributed by atoms with Gasteiger partial charge in [0, 0.05) is 12.6 Å². The standard InChI is InChI=1S/C14H19N3O/c18-9-8-17(11-4-3-5-11)10-14-15-12-6-1-2-7-13(12)16-14/h1-2,6-7,11,18H,3-5,8-10H2,(H,15,16). The Bertz CT molecular complexity index is 485. The molecule has 0 saturated heterocycles. The van der Waals surface area contributed by atoms with Crippen molar-refractivity contribution in [1.29, 1.82) is 0 Å². The second-order valence-corrected chi connectivity index (χ2v) is 4.98. The lowest BCUT2D eigenvalue weighted by Crippen LogP contribution is -2.41. The monoisotopic (exact) mass is 245 g/mol. The van der Waals surface area contributed by atoms with Crippen molar-refractivity contribution < 1.29 is 5.11 Å². The van der Waals surface area contributed by atoms with Gasteiger partial charge in [-0.15, -0.1) is 0 Å². The fourth-order valence-corrected chi connectivity index (χ4v) is 2.54. The van der Waals surface area contributed by atoms with Crippen LogP contribution in [0.5, 0.6) is 0 Å². The summed E-state index contributed by atoms with van der Waals surface area (Å²) in [6, 6.07) is 8.72. The summed E-state index contributed by atoms with van der Waals surface area (Å²) in [6.45, 7) is 1.76. The first-order valence-electron chi connectivity index (χ1n) is 6.65. The molecule has 1 aliphatic rings. The molecule has 1 fully saturated rings. The molecule has 0 unspecified atom stereocenters. The third-order valence-corrected chi connectivity index (χ3v) is 3.77. The Morgan fingerprint density at radius 1 is 1.33 bits per heavy atom. The maximum Gasteiger partial charge on any atom is 0.121 e. The van der Waals surface area contributed by atoms with Gasteiger partial charge in [0.05, 0.1) is 24.2 Å². The molecule has 0 atom stereocenters. The molecule has 3 rings (SSSR count). The van der Waals surface area contributed by atoms with Gasteiger partial charge < -0.3 is 10.1 Å². The van der Waals surface area contributed by atoms with E-state index >= 15 is 0 Å². The van der Waals surface area contributed by atoms with Crippen LogP contribution in [0.3, 0.4) is 0 Å². The molecule has 1 aromatic carbocycles. The number of imidazole rings is 1. The van der Waals surface area contributed by atoms with Gasteiger partial charge in [-0.05, 0) is 25.0 Å². The lowest BCUT2D eigenvalue weighted by atomic mass is 9.91. The highest BCUT2D eigenvalue weighted by Crippen LogP contribution is 2.25. The van der Waals surface area contributed by atoms with Crippen LogP contribution in [0.25, 0.3) is 11.0 Å². The van der Waals surface area contributed by atoms with Crippen molar-refractivity contribution in [3.05, 3.63) is 30.1 Å². The van der Waals surface area contributed by atoms with Crippen LogP contribution in [0.4, 0.5) is 0 Å². The van der Waals surface area contributed by atoms with Crippen molar-refractivity contribution >= 4 is 11.0 Å². The maximum atomic E-state index is 9.15. The number of aliphatic hydroxyl groups excluding tert-OH is 1. The number of nitrogens with one attached hydrogen (secondary N) is 1. The first kappa shape index (κ1) is 11.7. The van der Waals surface area contributed by atoms with Crippen LogP contribution in [0.1, 0.15) is 25.1 Å². The van der Waals surface area contributed by atoms with E-state index < -0.39 is 0 Å². The van der Waals surface area contributed by atoms with Gasteiger partial charge in [-0.1, -0.05) is 18.6 Å². The van der Waals surface area contributed by atoms with Crippen LogP contribution in [0.2, 0.25) is 0 Å². The number of H-pyrrole nitrogens is 1. The Morgan fingerprint density at radius 3 is 2.83 bits per heavy atom. The number of rotatable bonds is 5. The third-order valence-electron chi connectivity index (χ3n) is 3.77. The summed E-state index contributed by atoms with van der Waals surface area (Å²) in [4.78, 5) is 10.3. The molecule has 0 bridgehead atoms. The average Bonchev–Trinajstić information content (AvgIpc) is 2.69. The van der Waals surface area contributed by atoms with Gasteiger partial charge in [-0.2, -0.15) is 0 Å². The number of nitrogens with zero attached hydrogens (tertiary/aromatic N) is 2. The van der Waals surface area contributed by atoms with Gasteiger partial charge in [0.25, 0.3) is 0 Å². The molecule has 1 saturated carbocycles. The largest absolute Gasteiger partial charge is 0.395 e. The van der Waals surface area contributed by atoms with Crippen molar-refractivity contribution in [2.75, 3.05) is 13.2 Å². The van der Waals surface area contributed by atoms with E-state index in [-0.39, 0.29) is 6.61 Å². The molecule has 2 N–H and O–H groups in total. The van der Waals surface area contributed by atoms with Crippen LogP contribution in [-0.2, 0) is 6.54 Å². The van der Waals surface area contributed by atoms with E-state index in [1.165, 1.54) is 19.3 Å². The minimum Gasteiger partial charge on any atom is -0.395 e. The summed E-state index contributed by atoms with van der Waals surface area (Å²) in [6.07, 6.45) is 3.81. The predicted molar refractivity (Wildman–Crippen MR) is 71.2 cm³/mol. The topological polar surface area (TPSA) is 52.1 Å². The SMILES string of the molecule is OCCN(Cc1nc2ccccc2[nH]1)C1CCC1. The summed E-state index contributed by atoms with van der Waals surface area (Å²) in [5.74, 6) is 0.997. The summed E-state index contributed by atoms with van der Waals surface area (Å²) in [5, 5.41) is 9.15. The summed E-state index contributed by atoms with van der Waals surface area (Å²) in [5.41, 5.74) is 2.11. The molecule has 1 heterocycles. The number of aromatic nitrogens is 2. The molecule has 1 aromatic heterocycles. The van der Waals surface area contributed by atoms with Crippen molar-refractivity contribution in [1.82, 2.24) is 14.9 Å². The molecule has 0 spiro atoms. The molecule has 0 amide bonds. The molecule has 0 aliphatic heterocycles. The molecule has 4 nitrogen and oxygen atoms in total. The van der Waals surface area contributed by atoms with E-state index in [0.29, 0.717) is 6.04 Å². The Morgan fingerprint density at radius 2 is 2.17 bits per heavy atom. The smallest absolute Gasteiger partial charge is 0.121 e. The normalized spacial score (nSPS) is 16.3. The van der Waals surface area contributed by atoms with Gasteiger partial charge in [0.1, 0.15) is 5.82 Å². The highest BCUT2D eigenvalue weighted by molar-refractivity contribution is 5.74. The fraction of sp³-hybridized carbons (Fsp3) is 0.500. The van der Waals surface area contributed by atoms with E-state index in [0.717, 1.165) is 29.9 Å². The molecular formula is C14H19N3O. The van der Waals surface area contributed by atoms with E-state index in [1.807, 2.05) is 24.3 Å². The van der Waals surface area contributed by atoms with Crippen molar-refractivity contribution in [3.63, 3.8) is 0 Å². The Labute approximate surface area is 107 Å². The molecule has 18 heavy (non-hydrogen) atoms. The second-order valence-electron chi connectivity index (χ2n) is 4.98. The summed E-state index contributed by atoms with van der Waals surface area (Å²) >= 11 is 0. The first-order valence-corrected chi connectivity index (χ1v) is 6.65. The van der Waals surface area contributed by atoms with Gasteiger partial charge in [0.15, 0.2) is 0 Å². The Balaban J connectivity index is 1.76. The predicted octanol–water partition coefficient (Wildman–Crippen LogP) is 1.91. The number of fused-ring (bicyclic) bond motifs is 1. The quantitative estimate of drug-likeness (QED) is 0.846. The van der Waals surface area contributed by atoms with Crippen LogP contribution in [0, 0.1) is 0 Å². The van der Waals surface area contributed by atoms with E-state index in [4.69, 9.17) is 5.11 Å². The fourth-order valence-electron chi connectivity index (χ4n) is 2.54. The van der Waals surface area contributed by atoms with E-state index in [9.17, 15) is 0 Å². The number of para-hydroxylation sites is 2. The number of hydrogen-bond donors (Lipinski definition) is 2. The highest BCUT2D eigenvalue weighted by atomic mass is 16.3. The highest BCUT2D eigenvalue weighted by Gasteiger charge is 2.25. The summed E-state index contributed by atoms with van der Waals surface area (Å²) in [7, 11) is 0. The molecular weight excluding hydrogens is 226 g/mol. The second kappa shape index (κ2) is 5.08. The van der Waals surface area contributed by atoms with Crippen molar-refractivity contribution in [2.45, 2.75) is 31.8 Å². The average molecular weight is 245 g/mol. The summed E-state index contributed by atoms with van der Waals surface area (Å²) < 4.78 is 0. The van der Waals surface area contributed by atoms with Crippen molar-refractivity contribution in [2.24, 2.45) is 0 Å². The molecule has 2 aromatic rings.